The Bertz CT molecular complexity index is 174. The molecule has 0 amide bonds. The van der Waals surface area contributed by atoms with Crippen LogP contribution in [0.1, 0.15) is 26.7 Å². The third-order valence-corrected chi connectivity index (χ3v) is 3.59. The van der Waals surface area contributed by atoms with E-state index >= 15 is 0 Å². The summed E-state index contributed by atoms with van der Waals surface area (Å²) in [5, 5.41) is 19.0. The fraction of sp³-hybridized carbons (Fsp3) is 1.00. The molecule has 2 aliphatic carbocycles. The molecule has 2 nitrogen and oxygen atoms in total. The molecular formula is C9H16O2. The molecule has 0 aromatic heterocycles. The van der Waals surface area contributed by atoms with Gasteiger partial charge in [-0.05, 0) is 30.1 Å². The average Bonchev–Trinajstić information content (AvgIpc) is 2.31. The standard InChI is InChI=1S/C9H16O2/c1-9(2)4-5-3-6(9)8(11)7(5)10/h5-8,10-11H,3-4H2,1-2H3. The van der Waals surface area contributed by atoms with E-state index < -0.39 is 12.2 Å². The van der Waals surface area contributed by atoms with Gasteiger partial charge in [-0.15, -0.1) is 0 Å². The summed E-state index contributed by atoms with van der Waals surface area (Å²) in [5.41, 5.74) is 0.253. The molecule has 11 heavy (non-hydrogen) atoms. The molecule has 0 aromatic carbocycles. The molecular weight excluding hydrogens is 140 g/mol. The Labute approximate surface area is 67.2 Å². The fourth-order valence-corrected chi connectivity index (χ4v) is 2.93. The van der Waals surface area contributed by atoms with Gasteiger partial charge in [0.2, 0.25) is 0 Å². The summed E-state index contributed by atoms with van der Waals surface area (Å²) in [7, 11) is 0. The second-order valence-electron chi connectivity index (χ2n) is 4.78. The summed E-state index contributed by atoms with van der Waals surface area (Å²) in [6, 6.07) is 0. The van der Waals surface area contributed by atoms with Gasteiger partial charge in [0, 0.05) is 0 Å². The third kappa shape index (κ3) is 0.859. The molecule has 0 aromatic rings. The molecule has 4 atom stereocenters. The molecule has 0 spiro atoms. The van der Waals surface area contributed by atoms with E-state index in [0.717, 1.165) is 12.8 Å². The minimum absolute atomic E-state index is 0.253. The first-order chi connectivity index (χ1) is 5.02. The van der Waals surface area contributed by atoms with E-state index in [-0.39, 0.29) is 5.41 Å². The van der Waals surface area contributed by atoms with Gasteiger partial charge >= 0.3 is 0 Å². The van der Waals surface area contributed by atoms with Crippen LogP contribution in [0.25, 0.3) is 0 Å². The lowest BCUT2D eigenvalue weighted by Crippen LogP contribution is -2.40. The average molecular weight is 156 g/mol. The van der Waals surface area contributed by atoms with Crippen molar-refractivity contribution in [3.05, 3.63) is 0 Å². The van der Waals surface area contributed by atoms with E-state index in [1.807, 2.05) is 0 Å². The first-order valence-corrected chi connectivity index (χ1v) is 4.38. The molecule has 2 aliphatic rings. The SMILES string of the molecule is CC1(C)CC2CC1C(O)C2O. The summed E-state index contributed by atoms with van der Waals surface area (Å²) in [6.07, 6.45) is 1.21. The van der Waals surface area contributed by atoms with Crippen molar-refractivity contribution in [3.8, 4) is 0 Å². The molecule has 4 unspecified atom stereocenters. The summed E-state index contributed by atoms with van der Waals surface area (Å²) >= 11 is 0. The largest absolute Gasteiger partial charge is 0.390 e. The van der Waals surface area contributed by atoms with Gasteiger partial charge in [0.15, 0.2) is 0 Å². The Morgan fingerprint density at radius 1 is 1.18 bits per heavy atom. The highest BCUT2D eigenvalue weighted by Gasteiger charge is 2.55. The maximum atomic E-state index is 9.57. The molecule has 2 saturated carbocycles. The van der Waals surface area contributed by atoms with Crippen LogP contribution in [-0.4, -0.2) is 22.4 Å². The van der Waals surface area contributed by atoms with Gasteiger partial charge in [0.25, 0.3) is 0 Å². The Kier molecular flexibility index (Phi) is 1.37. The molecule has 0 radical (unpaired) electrons. The minimum Gasteiger partial charge on any atom is -0.390 e. The van der Waals surface area contributed by atoms with Gasteiger partial charge in [-0.2, -0.15) is 0 Å². The second kappa shape index (κ2) is 1.99. The normalized spacial score (nSPS) is 53.5. The van der Waals surface area contributed by atoms with Gasteiger partial charge in [0.1, 0.15) is 0 Å². The Balaban J connectivity index is 2.23. The van der Waals surface area contributed by atoms with E-state index in [2.05, 4.69) is 13.8 Å². The number of fused-ring (bicyclic) bond motifs is 2. The lowest BCUT2D eigenvalue weighted by Gasteiger charge is -2.35. The zero-order chi connectivity index (χ0) is 8.22. The highest BCUT2D eigenvalue weighted by Crippen LogP contribution is 2.55. The predicted molar refractivity (Wildman–Crippen MR) is 42.0 cm³/mol. The molecule has 2 bridgehead atoms. The van der Waals surface area contributed by atoms with Gasteiger partial charge in [-0.25, -0.2) is 0 Å². The summed E-state index contributed by atoms with van der Waals surface area (Å²) < 4.78 is 0. The smallest absolute Gasteiger partial charge is 0.0835 e. The van der Waals surface area contributed by atoms with Crippen molar-refractivity contribution in [2.45, 2.75) is 38.9 Å². The van der Waals surface area contributed by atoms with Crippen molar-refractivity contribution in [2.24, 2.45) is 17.3 Å². The van der Waals surface area contributed by atoms with Crippen LogP contribution in [0.5, 0.6) is 0 Å². The number of aliphatic hydroxyl groups excluding tert-OH is 2. The van der Waals surface area contributed by atoms with Gasteiger partial charge in [-0.1, -0.05) is 13.8 Å². The monoisotopic (exact) mass is 156 g/mol. The Hall–Kier alpha value is -0.0800. The molecule has 0 saturated heterocycles. The van der Waals surface area contributed by atoms with Crippen molar-refractivity contribution in [2.75, 3.05) is 0 Å². The van der Waals surface area contributed by atoms with Crippen LogP contribution >= 0.6 is 0 Å². The summed E-state index contributed by atoms with van der Waals surface area (Å²) in [4.78, 5) is 0. The second-order valence-corrected chi connectivity index (χ2v) is 4.78. The minimum atomic E-state index is -0.455. The number of rotatable bonds is 0. The summed E-state index contributed by atoms with van der Waals surface area (Å²) in [5.74, 6) is 0.701. The molecule has 0 heterocycles. The molecule has 2 heteroatoms. The van der Waals surface area contributed by atoms with Crippen LogP contribution < -0.4 is 0 Å². The van der Waals surface area contributed by atoms with Crippen LogP contribution in [0.4, 0.5) is 0 Å². The predicted octanol–water partition coefficient (Wildman–Crippen LogP) is 0.774. The first kappa shape index (κ1) is 7.56. The van der Waals surface area contributed by atoms with Crippen LogP contribution in [-0.2, 0) is 0 Å². The molecule has 0 aliphatic heterocycles. The van der Waals surface area contributed by atoms with Gasteiger partial charge < -0.3 is 10.2 Å². The topological polar surface area (TPSA) is 40.5 Å². The van der Waals surface area contributed by atoms with E-state index in [1.54, 1.807) is 0 Å². The zero-order valence-electron chi connectivity index (χ0n) is 7.12. The third-order valence-electron chi connectivity index (χ3n) is 3.59. The number of hydrogen-bond acceptors (Lipinski definition) is 2. The van der Waals surface area contributed by atoms with Crippen LogP contribution in [0.15, 0.2) is 0 Å². The van der Waals surface area contributed by atoms with Crippen molar-refractivity contribution < 1.29 is 10.2 Å². The number of aliphatic hydroxyl groups is 2. The fourth-order valence-electron chi connectivity index (χ4n) is 2.93. The summed E-state index contributed by atoms with van der Waals surface area (Å²) in [6.45, 7) is 4.37. The van der Waals surface area contributed by atoms with E-state index in [0.29, 0.717) is 11.8 Å². The van der Waals surface area contributed by atoms with E-state index in [9.17, 15) is 10.2 Å². The van der Waals surface area contributed by atoms with Crippen molar-refractivity contribution >= 4 is 0 Å². The Morgan fingerprint density at radius 2 is 1.82 bits per heavy atom. The zero-order valence-corrected chi connectivity index (χ0v) is 7.12. The lowest BCUT2D eigenvalue weighted by molar-refractivity contribution is -0.0543. The highest BCUT2D eigenvalue weighted by molar-refractivity contribution is 5.05. The highest BCUT2D eigenvalue weighted by atomic mass is 16.3. The first-order valence-electron chi connectivity index (χ1n) is 4.38. The van der Waals surface area contributed by atoms with Crippen molar-refractivity contribution in [1.82, 2.24) is 0 Å². The quantitative estimate of drug-likeness (QED) is 0.544. The van der Waals surface area contributed by atoms with E-state index in [4.69, 9.17) is 0 Å². The van der Waals surface area contributed by atoms with Crippen molar-refractivity contribution in [3.63, 3.8) is 0 Å². The van der Waals surface area contributed by atoms with Gasteiger partial charge in [-0.3, -0.25) is 0 Å². The molecule has 2 fully saturated rings. The maximum Gasteiger partial charge on any atom is 0.0835 e. The van der Waals surface area contributed by atoms with Crippen LogP contribution in [0.2, 0.25) is 0 Å². The van der Waals surface area contributed by atoms with Crippen molar-refractivity contribution in [1.29, 1.82) is 0 Å². The molecule has 2 rings (SSSR count). The van der Waals surface area contributed by atoms with Crippen LogP contribution in [0.3, 0.4) is 0 Å². The van der Waals surface area contributed by atoms with E-state index in [1.165, 1.54) is 0 Å². The maximum absolute atomic E-state index is 9.57. The van der Waals surface area contributed by atoms with Gasteiger partial charge in [0.05, 0.1) is 12.2 Å². The Morgan fingerprint density at radius 3 is 2.18 bits per heavy atom. The number of hydrogen-bond donors (Lipinski definition) is 2. The lowest BCUT2D eigenvalue weighted by atomic mass is 9.74. The van der Waals surface area contributed by atoms with Crippen LogP contribution in [0, 0.1) is 17.3 Å². The molecule has 64 valence electrons. The molecule has 2 N–H and O–H groups in total.